The molecule has 0 saturated carbocycles. The number of ether oxygens (including phenoxy) is 1. The zero-order valence-electron chi connectivity index (χ0n) is 10.2. The first kappa shape index (κ1) is 14.5. The van der Waals surface area contributed by atoms with E-state index in [1.165, 1.54) is 34.8 Å². The molecule has 0 bridgehead atoms. The van der Waals surface area contributed by atoms with Crippen molar-refractivity contribution in [3.8, 4) is 5.75 Å². The number of benzene rings is 1. The Morgan fingerprint density at radius 2 is 2.06 bits per heavy atom. The fourth-order valence-electron chi connectivity index (χ4n) is 2.00. The van der Waals surface area contributed by atoms with Gasteiger partial charge in [-0.3, -0.25) is 0 Å². The maximum atomic E-state index is 5.59. The molecule has 0 aliphatic carbocycles. The molecule has 1 fully saturated rings. The minimum atomic E-state index is 0. The summed E-state index contributed by atoms with van der Waals surface area (Å²) in [6.07, 6.45) is 4.58. The van der Waals surface area contributed by atoms with Crippen molar-refractivity contribution in [3.05, 3.63) is 36.4 Å². The fourth-order valence-corrected chi connectivity index (χ4v) is 4.39. The molecule has 17 heavy (non-hydrogen) atoms. The van der Waals surface area contributed by atoms with Crippen molar-refractivity contribution in [1.29, 1.82) is 0 Å². The van der Waals surface area contributed by atoms with Crippen LogP contribution in [0.25, 0.3) is 0 Å². The van der Waals surface area contributed by atoms with E-state index in [1.54, 1.807) is 6.08 Å². The predicted octanol–water partition coefficient (Wildman–Crippen LogP) is 0.335. The molecule has 0 spiro atoms. The third-order valence-corrected chi connectivity index (χ3v) is 5.35. The normalized spacial score (nSPS) is 15.4. The molecule has 0 atom stereocenters. The lowest BCUT2D eigenvalue weighted by atomic mass is 10.2. The van der Waals surface area contributed by atoms with E-state index in [-0.39, 0.29) is 12.4 Å². The van der Waals surface area contributed by atoms with Gasteiger partial charge in [0.15, 0.2) is 4.90 Å². The molecule has 0 aromatic heterocycles. The largest absolute Gasteiger partial charge is 1.00 e. The standard InChI is InChI=1S/C14H19OS.ClH/c1-3-8-15-14-7-6-13(11-12(14)2)16-9-4-5-10-16;/h3,6-7,11H,1,4-5,8-10H2,2H3;1H/q+1;/p-1. The van der Waals surface area contributed by atoms with Crippen LogP contribution < -0.4 is 17.1 Å². The third-order valence-electron chi connectivity index (χ3n) is 2.87. The second-order valence-electron chi connectivity index (χ2n) is 4.14. The van der Waals surface area contributed by atoms with Crippen LogP contribution in [0.2, 0.25) is 0 Å². The Balaban J connectivity index is 0.00000144. The van der Waals surface area contributed by atoms with Gasteiger partial charge in [-0.2, -0.15) is 0 Å². The Morgan fingerprint density at radius 1 is 1.35 bits per heavy atom. The van der Waals surface area contributed by atoms with Crippen molar-refractivity contribution in [2.75, 3.05) is 18.1 Å². The lowest BCUT2D eigenvalue weighted by molar-refractivity contribution is -0.00000370. The maximum absolute atomic E-state index is 5.59. The van der Waals surface area contributed by atoms with Crippen LogP contribution in [0.1, 0.15) is 18.4 Å². The van der Waals surface area contributed by atoms with Crippen molar-refractivity contribution in [2.45, 2.75) is 24.7 Å². The van der Waals surface area contributed by atoms with Crippen molar-refractivity contribution in [3.63, 3.8) is 0 Å². The topological polar surface area (TPSA) is 9.23 Å². The van der Waals surface area contributed by atoms with E-state index in [0.717, 1.165) is 5.75 Å². The molecule has 94 valence electrons. The van der Waals surface area contributed by atoms with Crippen LogP contribution >= 0.6 is 0 Å². The van der Waals surface area contributed by atoms with E-state index in [2.05, 4.69) is 31.7 Å². The number of rotatable bonds is 4. The average Bonchev–Trinajstić information content (AvgIpc) is 2.81. The molecular formula is C14H19ClOS. The molecule has 1 heterocycles. The maximum Gasteiger partial charge on any atom is 0.155 e. The molecule has 3 heteroatoms. The molecule has 1 saturated heterocycles. The van der Waals surface area contributed by atoms with Crippen LogP contribution in [0, 0.1) is 6.92 Å². The van der Waals surface area contributed by atoms with Crippen LogP contribution in [-0.4, -0.2) is 18.1 Å². The summed E-state index contributed by atoms with van der Waals surface area (Å²) in [5, 5.41) is 0. The van der Waals surface area contributed by atoms with Gasteiger partial charge in [0.05, 0.1) is 0 Å². The van der Waals surface area contributed by atoms with Gasteiger partial charge in [0.2, 0.25) is 0 Å². The van der Waals surface area contributed by atoms with E-state index in [4.69, 9.17) is 4.74 Å². The summed E-state index contributed by atoms with van der Waals surface area (Å²) >= 11 is 0. The average molecular weight is 271 g/mol. The van der Waals surface area contributed by atoms with Crippen LogP contribution in [0.5, 0.6) is 5.75 Å². The molecule has 1 aliphatic heterocycles. The van der Waals surface area contributed by atoms with Crippen LogP contribution in [0.4, 0.5) is 0 Å². The highest BCUT2D eigenvalue weighted by atomic mass is 35.5. The van der Waals surface area contributed by atoms with E-state index in [9.17, 15) is 0 Å². The zero-order valence-corrected chi connectivity index (χ0v) is 11.8. The summed E-state index contributed by atoms with van der Waals surface area (Å²) < 4.78 is 5.59. The zero-order chi connectivity index (χ0) is 11.4. The first-order valence-electron chi connectivity index (χ1n) is 5.83. The van der Waals surface area contributed by atoms with Crippen molar-refractivity contribution >= 4 is 10.9 Å². The van der Waals surface area contributed by atoms with Crippen molar-refractivity contribution in [1.82, 2.24) is 0 Å². The second kappa shape index (κ2) is 6.97. The Hall–Kier alpha value is -0.600. The van der Waals surface area contributed by atoms with Gasteiger partial charge in [0.1, 0.15) is 23.9 Å². The van der Waals surface area contributed by atoms with E-state index in [0.29, 0.717) is 17.5 Å². The van der Waals surface area contributed by atoms with Gasteiger partial charge in [0.25, 0.3) is 0 Å². The summed E-state index contributed by atoms with van der Waals surface area (Å²) in [4.78, 5) is 1.51. The fraction of sp³-hybridized carbons (Fsp3) is 0.429. The van der Waals surface area contributed by atoms with Gasteiger partial charge < -0.3 is 17.1 Å². The first-order chi connectivity index (χ1) is 7.81. The molecule has 2 rings (SSSR count). The Morgan fingerprint density at radius 3 is 2.65 bits per heavy atom. The number of hydrogen-bond acceptors (Lipinski definition) is 1. The molecule has 0 unspecified atom stereocenters. The lowest BCUT2D eigenvalue weighted by Crippen LogP contribution is -3.00. The highest BCUT2D eigenvalue weighted by Gasteiger charge is 2.26. The Labute approximate surface area is 113 Å². The van der Waals surface area contributed by atoms with Gasteiger partial charge in [-0.05, 0) is 43.5 Å². The summed E-state index contributed by atoms with van der Waals surface area (Å²) in [7, 11) is 0.509. The van der Waals surface area contributed by atoms with Crippen molar-refractivity contribution < 1.29 is 17.1 Å². The smallest absolute Gasteiger partial charge is 0.155 e. The Bertz CT molecular complexity index is 372. The quantitative estimate of drug-likeness (QED) is 0.566. The molecule has 1 aromatic rings. The number of hydrogen-bond donors (Lipinski definition) is 0. The van der Waals surface area contributed by atoms with E-state index >= 15 is 0 Å². The Kier molecular flexibility index (Phi) is 5.93. The van der Waals surface area contributed by atoms with Gasteiger partial charge in [0, 0.05) is 10.9 Å². The van der Waals surface area contributed by atoms with Crippen LogP contribution in [-0.2, 0) is 10.9 Å². The number of aryl methyl sites for hydroxylation is 1. The highest BCUT2D eigenvalue weighted by molar-refractivity contribution is 7.97. The van der Waals surface area contributed by atoms with E-state index in [1.807, 2.05) is 0 Å². The van der Waals surface area contributed by atoms with E-state index < -0.39 is 0 Å². The molecule has 1 aromatic carbocycles. The highest BCUT2D eigenvalue weighted by Crippen LogP contribution is 2.27. The molecular weight excluding hydrogens is 252 g/mol. The second-order valence-corrected chi connectivity index (χ2v) is 6.41. The summed E-state index contributed by atoms with van der Waals surface area (Å²) in [5.41, 5.74) is 1.25. The summed E-state index contributed by atoms with van der Waals surface area (Å²) in [5.74, 6) is 3.75. The molecule has 0 N–H and O–H groups in total. The third kappa shape index (κ3) is 3.68. The predicted molar refractivity (Wildman–Crippen MR) is 71.5 cm³/mol. The summed E-state index contributed by atoms with van der Waals surface area (Å²) in [6, 6.07) is 6.65. The molecule has 1 aliphatic rings. The number of halogens is 1. The van der Waals surface area contributed by atoms with Gasteiger partial charge in [-0.25, -0.2) is 0 Å². The molecule has 1 nitrogen and oxygen atoms in total. The van der Waals surface area contributed by atoms with Crippen molar-refractivity contribution in [2.24, 2.45) is 0 Å². The minimum absolute atomic E-state index is 0. The SMILES string of the molecule is C=CCOc1ccc([S+]2CCCC2)cc1C.[Cl-]. The minimum Gasteiger partial charge on any atom is -1.00 e. The van der Waals surface area contributed by atoms with Crippen LogP contribution in [0.15, 0.2) is 35.7 Å². The molecule has 0 radical (unpaired) electrons. The van der Waals surface area contributed by atoms with Gasteiger partial charge in [-0.1, -0.05) is 12.7 Å². The molecule has 0 amide bonds. The first-order valence-corrected chi connectivity index (χ1v) is 7.39. The monoisotopic (exact) mass is 270 g/mol. The lowest BCUT2D eigenvalue weighted by Gasteiger charge is -2.08. The summed E-state index contributed by atoms with van der Waals surface area (Å²) in [6.45, 7) is 6.38. The van der Waals surface area contributed by atoms with Gasteiger partial charge >= 0.3 is 0 Å². The van der Waals surface area contributed by atoms with Crippen LogP contribution in [0.3, 0.4) is 0 Å². The van der Waals surface area contributed by atoms with Gasteiger partial charge in [-0.15, -0.1) is 0 Å².